The number of hydrogen-bond acceptors (Lipinski definition) is 3. The Kier molecular flexibility index (Phi) is 8.66. The van der Waals surface area contributed by atoms with Crippen LogP contribution in [0.2, 0.25) is 0 Å². The van der Waals surface area contributed by atoms with Gasteiger partial charge in [0.1, 0.15) is 0 Å². The number of carbonyl (C=O) groups is 3. The second kappa shape index (κ2) is 9.37. The molecule has 0 aliphatic rings. The normalized spacial score (nSPS) is 12.6. The van der Waals surface area contributed by atoms with Crippen molar-refractivity contribution in [1.29, 1.82) is 0 Å². The van der Waals surface area contributed by atoms with Crippen molar-refractivity contribution in [3.05, 3.63) is 0 Å². The molecular weight excluding hydrogens is 272 g/mol. The molecule has 0 aliphatic heterocycles. The highest BCUT2D eigenvalue weighted by Gasteiger charge is 2.19. The second-order valence-electron chi connectivity index (χ2n) is 6.32. The Labute approximate surface area is 126 Å². The lowest BCUT2D eigenvalue weighted by Crippen LogP contribution is -2.43. The van der Waals surface area contributed by atoms with E-state index >= 15 is 0 Å². The highest BCUT2D eigenvalue weighted by atomic mass is 16.4. The van der Waals surface area contributed by atoms with Gasteiger partial charge in [-0.15, -0.1) is 0 Å². The number of amides is 3. The van der Waals surface area contributed by atoms with Crippen LogP contribution in [0.15, 0.2) is 0 Å². The highest BCUT2D eigenvalue weighted by molar-refractivity contribution is 5.94. The van der Waals surface area contributed by atoms with Crippen molar-refractivity contribution in [2.45, 2.75) is 47.5 Å². The van der Waals surface area contributed by atoms with Crippen molar-refractivity contribution in [3.63, 3.8) is 0 Å². The fourth-order valence-corrected chi connectivity index (χ4v) is 2.36. The molecule has 3 amide bonds. The largest absolute Gasteiger partial charge is 0.481 e. The van der Waals surface area contributed by atoms with Crippen LogP contribution in [0.3, 0.4) is 0 Å². The van der Waals surface area contributed by atoms with Gasteiger partial charge in [-0.05, 0) is 23.7 Å². The number of nitrogens with one attached hydrogen (secondary N) is 2. The topological polar surface area (TPSA) is 95.5 Å². The van der Waals surface area contributed by atoms with E-state index in [0.29, 0.717) is 24.3 Å². The minimum absolute atomic E-state index is 0.0253. The summed E-state index contributed by atoms with van der Waals surface area (Å²) in [6.07, 6.45) is -0.0602. The van der Waals surface area contributed by atoms with Gasteiger partial charge in [-0.3, -0.25) is 14.9 Å². The van der Waals surface area contributed by atoms with Crippen LogP contribution in [-0.2, 0) is 9.59 Å². The molecule has 0 aromatic heterocycles. The lowest BCUT2D eigenvalue weighted by atomic mass is 9.85. The van der Waals surface area contributed by atoms with Gasteiger partial charge in [-0.2, -0.15) is 0 Å². The van der Waals surface area contributed by atoms with Crippen LogP contribution >= 0.6 is 0 Å². The molecule has 0 heterocycles. The lowest BCUT2D eigenvalue weighted by molar-refractivity contribution is -0.138. The summed E-state index contributed by atoms with van der Waals surface area (Å²) in [4.78, 5) is 33.7. The molecule has 0 rings (SSSR count). The van der Waals surface area contributed by atoms with Gasteiger partial charge in [0, 0.05) is 19.4 Å². The van der Waals surface area contributed by atoms with Gasteiger partial charge in [-0.25, -0.2) is 4.79 Å². The summed E-state index contributed by atoms with van der Waals surface area (Å²) in [7, 11) is 0. The van der Waals surface area contributed by atoms with Crippen molar-refractivity contribution in [2.24, 2.45) is 23.7 Å². The molecule has 6 heteroatoms. The molecule has 1 atom stereocenters. The lowest BCUT2D eigenvalue weighted by Gasteiger charge is -2.25. The number of rotatable bonds is 8. The summed E-state index contributed by atoms with van der Waals surface area (Å²) in [5.41, 5.74) is 0. The van der Waals surface area contributed by atoms with Gasteiger partial charge in [0.2, 0.25) is 5.91 Å². The van der Waals surface area contributed by atoms with E-state index in [4.69, 9.17) is 5.11 Å². The van der Waals surface area contributed by atoms with Crippen molar-refractivity contribution in [1.82, 2.24) is 10.6 Å². The first-order valence-corrected chi connectivity index (χ1v) is 7.42. The first-order valence-electron chi connectivity index (χ1n) is 7.42. The maximum atomic E-state index is 11.6. The van der Waals surface area contributed by atoms with Crippen LogP contribution in [0.4, 0.5) is 4.79 Å². The quantitative estimate of drug-likeness (QED) is 0.640. The Bertz CT molecular complexity index is 359. The highest BCUT2D eigenvalue weighted by Crippen LogP contribution is 2.19. The van der Waals surface area contributed by atoms with Crippen LogP contribution in [0.1, 0.15) is 47.5 Å². The Morgan fingerprint density at radius 1 is 0.952 bits per heavy atom. The zero-order chi connectivity index (χ0) is 16.6. The van der Waals surface area contributed by atoms with Crippen LogP contribution in [0.25, 0.3) is 0 Å². The first kappa shape index (κ1) is 19.4. The van der Waals surface area contributed by atoms with E-state index in [9.17, 15) is 14.4 Å². The summed E-state index contributed by atoms with van der Waals surface area (Å²) in [5, 5.41) is 13.6. The Morgan fingerprint density at radius 3 is 1.90 bits per heavy atom. The maximum absolute atomic E-state index is 11.6. The summed E-state index contributed by atoms with van der Waals surface area (Å²) in [6, 6.07) is -0.520. The summed E-state index contributed by atoms with van der Waals surface area (Å²) < 4.78 is 0. The van der Waals surface area contributed by atoms with E-state index in [1.807, 2.05) is 0 Å². The number of carbonyl (C=O) groups excluding carboxylic acids is 2. The zero-order valence-electron chi connectivity index (χ0n) is 13.6. The molecule has 0 bridgehead atoms. The molecule has 122 valence electrons. The van der Waals surface area contributed by atoms with E-state index in [1.54, 1.807) is 6.92 Å². The Balaban J connectivity index is 4.14. The third-order valence-corrected chi connectivity index (χ3v) is 3.52. The molecule has 1 unspecified atom stereocenters. The van der Waals surface area contributed by atoms with Crippen molar-refractivity contribution >= 4 is 17.9 Å². The molecule has 0 aromatic rings. The fourth-order valence-electron chi connectivity index (χ4n) is 2.36. The molecule has 0 spiro atoms. The van der Waals surface area contributed by atoms with Crippen molar-refractivity contribution in [2.75, 3.05) is 6.54 Å². The second-order valence-corrected chi connectivity index (χ2v) is 6.32. The van der Waals surface area contributed by atoms with E-state index in [2.05, 4.69) is 38.3 Å². The molecular formula is C15H28N2O4. The molecule has 0 saturated heterocycles. The van der Waals surface area contributed by atoms with E-state index < -0.39 is 17.9 Å². The van der Waals surface area contributed by atoms with Gasteiger partial charge < -0.3 is 10.4 Å². The molecule has 21 heavy (non-hydrogen) atoms. The average molecular weight is 300 g/mol. The third kappa shape index (κ3) is 9.05. The number of carboxylic acid groups (broad SMARTS) is 1. The number of imide groups is 1. The minimum atomic E-state index is -0.948. The predicted octanol–water partition coefficient (Wildman–Crippen LogP) is 2.24. The monoisotopic (exact) mass is 300 g/mol. The van der Waals surface area contributed by atoms with Crippen LogP contribution in [0.5, 0.6) is 0 Å². The third-order valence-electron chi connectivity index (χ3n) is 3.52. The number of hydrogen-bond donors (Lipinski definition) is 3. The SMILES string of the molecule is CC(CC(=O)O)CC(=O)NC(=O)NCC(C(C)C)C(C)C. The fraction of sp³-hybridized carbons (Fsp3) is 0.800. The Morgan fingerprint density at radius 2 is 1.48 bits per heavy atom. The molecule has 3 N–H and O–H groups in total. The molecule has 0 saturated carbocycles. The van der Waals surface area contributed by atoms with Gasteiger partial charge in [-0.1, -0.05) is 34.6 Å². The maximum Gasteiger partial charge on any atom is 0.321 e. The standard InChI is InChI=1S/C15H28N2O4/c1-9(2)12(10(3)4)8-16-15(21)17-13(18)6-11(5)7-14(19)20/h9-12H,6-8H2,1-5H3,(H,19,20)(H2,16,17,18,21). The van der Waals surface area contributed by atoms with Crippen molar-refractivity contribution in [3.8, 4) is 0 Å². The predicted molar refractivity (Wildman–Crippen MR) is 80.7 cm³/mol. The minimum Gasteiger partial charge on any atom is -0.481 e. The average Bonchev–Trinajstić information content (AvgIpc) is 2.25. The Hall–Kier alpha value is -1.59. The molecule has 0 aliphatic carbocycles. The van der Waals surface area contributed by atoms with Crippen LogP contribution in [-0.4, -0.2) is 29.6 Å². The van der Waals surface area contributed by atoms with Gasteiger partial charge >= 0.3 is 12.0 Å². The molecule has 0 aromatic carbocycles. The van der Waals surface area contributed by atoms with Gasteiger partial charge in [0.25, 0.3) is 0 Å². The molecule has 0 radical (unpaired) electrons. The van der Waals surface area contributed by atoms with Gasteiger partial charge in [0.05, 0.1) is 0 Å². The summed E-state index contributed by atoms with van der Waals surface area (Å²) >= 11 is 0. The first-order chi connectivity index (χ1) is 9.63. The van der Waals surface area contributed by atoms with E-state index in [1.165, 1.54) is 0 Å². The zero-order valence-corrected chi connectivity index (χ0v) is 13.6. The van der Waals surface area contributed by atoms with E-state index in [-0.39, 0.29) is 18.8 Å². The summed E-state index contributed by atoms with van der Waals surface area (Å²) in [5.74, 6) is -0.470. The van der Waals surface area contributed by atoms with Crippen LogP contribution < -0.4 is 10.6 Å². The molecule has 0 fully saturated rings. The van der Waals surface area contributed by atoms with Crippen molar-refractivity contribution < 1.29 is 19.5 Å². The molecule has 6 nitrogen and oxygen atoms in total. The van der Waals surface area contributed by atoms with Gasteiger partial charge in [0.15, 0.2) is 0 Å². The number of urea groups is 1. The van der Waals surface area contributed by atoms with Crippen LogP contribution in [0, 0.1) is 23.7 Å². The summed E-state index contributed by atoms with van der Waals surface area (Å²) in [6.45, 7) is 10.6. The van der Waals surface area contributed by atoms with E-state index in [0.717, 1.165) is 0 Å². The number of aliphatic carboxylic acids is 1. The smallest absolute Gasteiger partial charge is 0.321 e. The number of carboxylic acids is 1.